The van der Waals surface area contributed by atoms with Gasteiger partial charge < -0.3 is 15.6 Å². The third-order valence-corrected chi connectivity index (χ3v) is 3.58. The first-order chi connectivity index (χ1) is 11.4. The van der Waals surface area contributed by atoms with E-state index in [9.17, 15) is 9.59 Å². The van der Waals surface area contributed by atoms with Gasteiger partial charge in [-0.05, 0) is 48.9 Å². The number of anilines is 2. The molecule has 0 radical (unpaired) electrons. The van der Waals surface area contributed by atoms with Crippen LogP contribution in [0.2, 0.25) is 0 Å². The molecule has 3 N–H and O–H groups in total. The number of aromatic nitrogens is 2. The smallest absolute Gasteiger partial charge is 0.221 e. The summed E-state index contributed by atoms with van der Waals surface area (Å²) < 4.78 is 0. The fraction of sp³-hybridized carbons (Fsp3) is 0.167. The highest BCUT2D eigenvalue weighted by Crippen LogP contribution is 2.26. The minimum atomic E-state index is -0.109. The minimum absolute atomic E-state index is 0.104. The average Bonchev–Trinajstić information content (AvgIpc) is 2.91. The molecule has 2 aromatic carbocycles. The molecule has 6 heteroatoms. The van der Waals surface area contributed by atoms with Crippen molar-refractivity contribution in [2.24, 2.45) is 0 Å². The molecule has 0 saturated heterocycles. The largest absolute Gasteiger partial charge is 0.338 e. The summed E-state index contributed by atoms with van der Waals surface area (Å²) in [6.45, 7) is 4.91. The van der Waals surface area contributed by atoms with Crippen molar-refractivity contribution in [2.45, 2.75) is 20.8 Å². The highest BCUT2D eigenvalue weighted by molar-refractivity contribution is 5.93. The number of carbonyl (C=O) groups excluding carboxylic acids is 2. The third kappa shape index (κ3) is 3.27. The van der Waals surface area contributed by atoms with E-state index in [2.05, 4.69) is 20.6 Å². The van der Waals surface area contributed by atoms with E-state index in [1.807, 2.05) is 43.3 Å². The van der Waals surface area contributed by atoms with Crippen molar-refractivity contribution in [1.82, 2.24) is 9.97 Å². The minimum Gasteiger partial charge on any atom is -0.338 e. The van der Waals surface area contributed by atoms with Gasteiger partial charge in [-0.15, -0.1) is 0 Å². The van der Waals surface area contributed by atoms with Crippen molar-refractivity contribution >= 4 is 34.2 Å². The number of H-pyrrole nitrogens is 1. The van der Waals surface area contributed by atoms with Gasteiger partial charge in [0.25, 0.3) is 0 Å². The Balaban J connectivity index is 1.96. The van der Waals surface area contributed by atoms with Crippen LogP contribution in [0.3, 0.4) is 0 Å². The summed E-state index contributed by atoms with van der Waals surface area (Å²) in [6.07, 6.45) is 0. The van der Waals surface area contributed by atoms with Crippen molar-refractivity contribution in [3.05, 3.63) is 42.0 Å². The quantitative estimate of drug-likeness (QED) is 0.690. The van der Waals surface area contributed by atoms with Crippen molar-refractivity contribution < 1.29 is 9.59 Å². The number of aromatic amines is 1. The summed E-state index contributed by atoms with van der Waals surface area (Å²) >= 11 is 0. The van der Waals surface area contributed by atoms with Crippen LogP contribution in [0.4, 0.5) is 11.4 Å². The van der Waals surface area contributed by atoms with Crippen molar-refractivity contribution in [3.63, 3.8) is 0 Å². The van der Waals surface area contributed by atoms with Crippen LogP contribution in [0.25, 0.3) is 22.4 Å². The van der Waals surface area contributed by atoms with Crippen molar-refractivity contribution in [2.75, 3.05) is 10.6 Å². The summed E-state index contributed by atoms with van der Waals surface area (Å²) in [5, 5.41) is 5.52. The van der Waals surface area contributed by atoms with Gasteiger partial charge in [-0.25, -0.2) is 4.98 Å². The number of aryl methyl sites for hydroxylation is 1. The van der Waals surface area contributed by atoms with Gasteiger partial charge in [-0.3, -0.25) is 9.59 Å². The highest BCUT2D eigenvalue weighted by atomic mass is 16.2. The lowest BCUT2D eigenvalue weighted by Gasteiger charge is -2.03. The molecule has 0 bridgehead atoms. The molecule has 0 atom stereocenters. The Kier molecular flexibility index (Phi) is 4.04. The standard InChI is InChI=1S/C18H18N4O2/c1-10-8-15(20-12(3)24)9-16-17(10)22-18(21-16)13-4-6-14(7-5-13)19-11(2)23/h4-9H,1-3H3,(H,19,23)(H,20,24)(H,21,22). The SMILES string of the molecule is CC(=O)Nc1ccc(-c2nc3c(C)cc(NC(C)=O)cc3[nH]2)cc1. The van der Waals surface area contributed by atoms with E-state index in [1.54, 1.807) is 0 Å². The van der Waals surface area contributed by atoms with Crippen LogP contribution in [-0.4, -0.2) is 21.8 Å². The molecular formula is C18H18N4O2. The van der Waals surface area contributed by atoms with Crippen LogP contribution in [0.1, 0.15) is 19.4 Å². The maximum atomic E-state index is 11.2. The molecule has 6 nitrogen and oxygen atoms in total. The lowest BCUT2D eigenvalue weighted by atomic mass is 10.2. The van der Waals surface area contributed by atoms with Gasteiger partial charge in [0.15, 0.2) is 0 Å². The van der Waals surface area contributed by atoms with Crippen molar-refractivity contribution in [1.29, 1.82) is 0 Å². The van der Waals surface area contributed by atoms with Crippen LogP contribution < -0.4 is 10.6 Å². The van der Waals surface area contributed by atoms with Crippen LogP contribution in [0.15, 0.2) is 36.4 Å². The first-order valence-corrected chi connectivity index (χ1v) is 7.58. The number of nitrogens with one attached hydrogen (secondary N) is 3. The summed E-state index contributed by atoms with van der Waals surface area (Å²) in [4.78, 5) is 30.2. The van der Waals surface area contributed by atoms with Crippen LogP contribution in [0.5, 0.6) is 0 Å². The fourth-order valence-corrected chi connectivity index (χ4v) is 2.62. The third-order valence-electron chi connectivity index (χ3n) is 3.58. The van der Waals surface area contributed by atoms with E-state index < -0.39 is 0 Å². The summed E-state index contributed by atoms with van der Waals surface area (Å²) in [5.41, 5.74) is 5.11. The lowest BCUT2D eigenvalue weighted by molar-refractivity contribution is -0.115. The number of benzene rings is 2. The number of rotatable bonds is 3. The Bertz CT molecular complexity index is 926. The molecule has 122 valence electrons. The maximum absolute atomic E-state index is 11.2. The number of fused-ring (bicyclic) bond motifs is 1. The molecule has 0 fully saturated rings. The summed E-state index contributed by atoms with van der Waals surface area (Å²) in [5.74, 6) is 0.525. The zero-order chi connectivity index (χ0) is 17.3. The predicted molar refractivity (Wildman–Crippen MR) is 94.9 cm³/mol. The fourth-order valence-electron chi connectivity index (χ4n) is 2.62. The van der Waals surface area contributed by atoms with Gasteiger partial charge in [-0.1, -0.05) is 0 Å². The predicted octanol–water partition coefficient (Wildman–Crippen LogP) is 3.46. The van der Waals surface area contributed by atoms with E-state index in [0.717, 1.165) is 39.4 Å². The normalized spacial score (nSPS) is 10.6. The molecule has 0 aliphatic rings. The molecule has 2 amide bonds. The molecule has 3 rings (SSSR count). The van der Waals surface area contributed by atoms with E-state index in [4.69, 9.17) is 0 Å². The van der Waals surface area contributed by atoms with E-state index in [0.29, 0.717) is 0 Å². The Hall–Kier alpha value is -3.15. The first-order valence-electron chi connectivity index (χ1n) is 7.58. The topological polar surface area (TPSA) is 86.9 Å². The molecule has 3 aromatic rings. The molecule has 0 unspecified atom stereocenters. The number of imidazole rings is 1. The van der Waals surface area contributed by atoms with Gasteiger partial charge in [-0.2, -0.15) is 0 Å². The zero-order valence-corrected chi connectivity index (χ0v) is 13.7. The molecule has 1 heterocycles. The monoisotopic (exact) mass is 322 g/mol. The number of hydrogen-bond acceptors (Lipinski definition) is 3. The van der Waals surface area contributed by atoms with E-state index >= 15 is 0 Å². The molecule has 0 spiro atoms. The van der Waals surface area contributed by atoms with Gasteiger partial charge in [0.05, 0.1) is 11.0 Å². The lowest BCUT2D eigenvalue weighted by Crippen LogP contribution is -2.05. The number of hydrogen-bond donors (Lipinski definition) is 3. The molecule has 24 heavy (non-hydrogen) atoms. The van der Waals surface area contributed by atoms with Gasteiger partial charge in [0, 0.05) is 30.8 Å². The zero-order valence-electron chi connectivity index (χ0n) is 13.7. The summed E-state index contributed by atoms with van der Waals surface area (Å²) in [6, 6.07) is 11.2. The molecule has 1 aromatic heterocycles. The maximum Gasteiger partial charge on any atom is 0.221 e. The Morgan fingerprint density at radius 2 is 1.58 bits per heavy atom. The van der Waals surface area contributed by atoms with Gasteiger partial charge >= 0.3 is 0 Å². The molecule has 0 saturated carbocycles. The number of nitrogens with zero attached hydrogens (tertiary/aromatic N) is 1. The number of amides is 2. The van der Waals surface area contributed by atoms with Gasteiger partial charge in [0.2, 0.25) is 11.8 Å². The Labute approximate surface area is 139 Å². The van der Waals surface area contributed by atoms with Crippen LogP contribution in [0, 0.1) is 6.92 Å². The first kappa shape index (κ1) is 15.7. The van der Waals surface area contributed by atoms with Crippen molar-refractivity contribution in [3.8, 4) is 11.4 Å². The molecule has 0 aliphatic carbocycles. The van der Waals surface area contributed by atoms with Crippen LogP contribution >= 0.6 is 0 Å². The average molecular weight is 322 g/mol. The Morgan fingerprint density at radius 1 is 0.958 bits per heavy atom. The van der Waals surface area contributed by atoms with Gasteiger partial charge in [0.1, 0.15) is 5.82 Å². The molecule has 0 aliphatic heterocycles. The molecular weight excluding hydrogens is 304 g/mol. The highest BCUT2D eigenvalue weighted by Gasteiger charge is 2.10. The second-order valence-electron chi connectivity index (χ2n) is 5.71. The summed E-state index contributed by atoms with van der Waals surface area (Å²) in [7, 11) is 0. The van der Waals surface area contributed by atoms with Crippen LogP contribution in [-0.2, 0) is 9.59 Å². The van der Waals surface area contributed by atoms with E-state index in [1.165, 1.54) is 13.8 Å². The second-order valence-corrected chi connectivity index (χ2v) is 5.71. The Morgan fingerprint density at radius 3 is 2.21 bits per heavy atom. The number of carbonyl (C=O) groups is 2. The van der Waals surface area contributed by atoms with E-state index in [-0.39, 0.29) is 11.8 Å². The second kappa shape index (κ2) is 6.16.